The quantitative estimate of drug-likeness (QED) is 0.803. The first-order valence-corrected chi connectivity index (χ1v) is 5.69. The van der Waals surface area contributed by atoms with Crippen molar-refractivity contribution in [1.82, 2.24) is 4.98 Å². The summed E-state index contributed by atoms with van der Waals surface area (Å²) >= 11 is 0. The van der Waals surface area contributed by atoms with Gasteiger partial charge in [-0.2, -0.15) is 0 Å². The van der Waals surface area contributed by atoms with Gasteiger partial charge >= 0.3 is 0 Å². The Bertz CT molecular complexity index is 498. The van der Waals surface area contributed by atoms with E-state index in [1.54, 1.807) is 0 Å². The molecule has 3 heteroatoms. The van der Waals surface area contributed by atoms with Crippen LogP contribution in [0.5, 0.6) is 0 Å². The molecule has 16 heavy (non-hydrogen) atoms. The second-order valence-electron chi connectivity index (χ2n) is 4.45. The van der Waals surface area contributed by atoms with E-state index >= 15 is 0 Å². The summed E-state index contributed by atoms with van der Waals surface area (Å²) in [5, 5.41) is 5.87. The first kappa shape index (κ1) is 9.60. The highest BCUT2D eigenvalue weighted by atomic mass is 15.0. The molecule has 3 rings (SSSR count). The van der Waals surface area contributed by atoms with Gasteiger partial charge in [-0.05, 0) is 24.3 Å². The van der Waals surface area contributed by atoms with Gasteiger partial charge in [0.05, 0.1) is 0 Å². The van der Waals surface area contributed by atoms with Gasteiger partial charge in [0.2, 0.25) is 0 Å². The average molecular weight is 213 g/mol. The van der Waals surface area contributed by atoms with Crippen molar-refractivity contribution < 1.29 is 0 Å². The molecule has 1 saturated carbocycles. The van der Waals surface area contributed by atoms with Crippen LogP contribution >= 0.6 is 0 Å². The maximum absolute atomic E-state index is 5.77. The highest BCUT2D eigenvalue weighted by Crippen LogP contribution is 2.26. The standard InChI is InChI=1S/C13H15N3/c14-10-7-11(8-10)16-13-12-4-2-1-3-9(12)5-6-15-13/h1-6,10-11H,7-8,14H2,(H,15,16). The number of nitrogens with two attached hydrogens (primary N) is 1. The zero-order valence-electron chi connectivity index (χ0n) is 9.06. The van der Waals surface area contributed by atoms with Gasteiger partial charge in [-0.15, -0.1) is 0 Å². The number of nitrogens with one attached hydrogen (secondary N) is 1. The molecule has 3 nitrogen and oxygen atoms in total. The zero-order valence-corrected chi connectivity index (χ0v) is 9.06. The Balaban J connectivity index is 1.91. The van der Waals surface area contributed by atoms with Crippen LogP contribution in [0.25, 0.3) is 10.8 Å². The molecular formula is C13H15N3. The third-order valence-electron chi connectivity index (χ3n) is 3.19. The minimum absolute atomic E-state index is 0.368. The molecule has 2 aromatic rings. The highest BCUT2D eigenvalue weighted by Gasteiger charge is 2.26. The number of pyridine rings is 1. The minimum Gasteiger partial charge on any atom is -0.367 e. The minimum atomic E-state index is 0.368. The average Bonchev–Trinajstić information content (AvgIpc) is 2.27. The van der Waals surface area contributed by atoms with Crippen molar-refractivity contribution in [3.63, 3.8) is 0 Å². The fourth-order valence-corrected chi connectivity index (χ4v) is 2.21. The molecule has 0 saturated heterocycles. The van der Waals surface area contributed by atoms with Crippen LogP contribution in [0.3, 0.4) is 0 Å². The Morgan fingerprint density at radius 1 is 1.19 bits per heavy atom. The molecule has 1 aliphatic rings. The zero-order chi connectivity index (χ0) is 11.0. The predicted molar refractivity (Wildman–Crippen MR) is 66.4 cm³/mol. The van der Waals surface area contributed by atoms with E-state index in [-0.39, 0.29) is 0 Å². The molecule has 1 heterocycles. The van der Waals surface area contributed by atoms with Gasteiger partial charge < -0.3 is 11.1 Å². The van der Waals surface area contributed by atoms with Crippen molar-refractivity contribution in [2.75, 3.05) is 5.32 Å². The highest BCUT2D eigenvalue weighted by molar-refractivity contribution is 5.91. The molecule has 1 fully saturated rings. The number of fused-ring (bicyclic) bond motifs is 1. The molecule has 82 valence electrons. The van der Waals surface area contributed by atoms with Crippen molar-refractivity contribution in [3.8, 4) is 0 Å². The van der Waals surface area contributed by atoms with Gasteiger partial charge in [0.1, 0.15) is 5.82 Å². The molecule has 0 unspecified atom stereocenters. The number of aromatic nitrogens is 1. The van der Waals surface area contributed by atoms with Crippen LogP contribution in [0.4, 0.5) is 5.82 Å². The maximum Gasteiger partial charge on any atom is 0.134 e. The Morgan fingerprint density at radius 3 is 2.81 bits per heavy atom. The summed E-state index contributed by atoms with van der Waals surface area (Å²) in [7, 11) is 0. The normalized spacial score (nSPS) is 24.1. The molecule has 1 aliphatic carbocycles. The van der Waals surface area contributed by atoms with Crippen LogP contribution in [0.15, 0.2) is 36.5 Å². The number of nitrogens with zero attached hydrogens (tertiary/aromatic N) is 1. The third-order valence-corrected chi connectivity index (χ3v) is 3.19. The summed E-state index contributed by atoms with van der Waals surface area (Å²) in [5.41, 5.74) is 5.77. The molecule has 1 aromatic heterocycles. The molecule has 0 amide bonds. The molecule has 0 spiro atoms. The number of benzene rings is 1. The van der Waals surface area contributed by atoms with Gasteiger partial charge in [-0.1, -0.05) is 24.3 Å². The Labute approximate surface area is 94.7 Å². The van der Waals surface area contributed by atoms with E-state index in [1.807, 2.05) is 24.4 Å². The second kappa shape index (κ2) is 3.76. The molecule has 1 aromatic carbocycles. The summed E-state index contributed by atoms with van der Waals surface area (Å²) in [4.78, 5) is 4.40. The van der Waals surface area contributed by atoms with Gasteiger partial charge in [-0.3, -0.25) is 0 Å². The van der Waals surface area contributed by atoms with Gasteiger partial charge in [-0.25, -0.2) is 4.98 Å². The monoisotopic (exact) mass is 213 g/mol. The third kappa shape index (κ3) is 1.63. The summed E-state index contributed by atoms with van der Waals surface area (Å²) in [6, 6.07) is 11.2. The number of rotatable bonds is 2. The Morgan fingerprint density at radius 2 is 2.00 bits per heavy atom. The lowest BCUT2D eigenvalue weighted by Gasteiger charge is -2.33. The van der Waals surface area contributed by atoms with E-state index in [1.165, 1.54) is 10.8 Å². The number of hydrogen-bond acceptors (Lipinski definition) is 3. The Kier molecular flexibility index (Phi) is 2.26. The summed E-state index contributed by atoms with van der Waals surface area (Å²) < 4.78 is 0. The molecule has 0 bridgehead atoms. The smallest absolute Gasteiger partial charge is 0.134 e. The van der Waals surface area contributed by atoms with Gasteiger partial charge in [0.15, 0.2) is 0 Å². The van der Waals surface area contributed by atoms with Crippen molar-refractivity contribution in [3.05, 3.63) is 36.5 Å². The molecule has 0 radical (unpaired) electrons. The molecule has 0 atom stereocenters. The van der Waals surface area contributed by atoms with E-state index in [2.05, 4.69) is 22.4 Å². The first-order valence-electron chi connectivity index (χ1n) is 5.69. The van der Waals surface area contributed by atoms with Gasteiger partial charge in [0, 0.05) is 23.7 Å². The van der Waals surface area contributed by atoms with E-state index in [4.69, 9.17) is 5.73 Å². The van der Waals surface area contributed by atoms with Gasteiger partial charge in [0.25, 0.3) is 0 Å². The maximum atomic E-state index is 5.77. The van der Waals surface area contributed by atoms with Crippen LogP contribution in [0, 0.1) is 0 Å². The lowest BCUT2D eigenvalue weighted by molar-refractivity contribution is 0.373. The van der Waals surface area contributed by atoms with E-state index in [0.29, 0.717) is 12.1 Å². The summed E-state index contributed by atoms with van der Waals surface area (Å²) in [5.74, 6) is 0.981. The SMILES string of the molecule is NC1CC(Nc2nccc3ccccc23)C1. The second-order valence-corrected chi connectivity index (χ2v) is 4.45. The fourth-order valence-electron chi connectivity index (χ4n) is 2.21. The van der Waals surface area contributed by atoms with Crippen molar-refractivity contribution in [2.45, 2.75) is 24.9 Å². The van der Waals surface area contributed by atoms with Crippen molar-refractivity contribution >= 4 is 16.6 Å². The first-order chi connectivity index (χ1) is 7.83. The molecule has 0 aliphatic heterocycles. The largest absolute Gasteiger partial charge is 0.367 e. The number of anilines is 1. The van der Waals surface area contributed by atoms with Crippen molar-refractivity contribution in [1.29, 1.82) is 0 Å². The van der Waals surface area contributed by atoms with E-state index in [9.17, 15) is 0 Å². The molecule has 3 N–H and O–H groups in total. The molecular weight excluding hydrogens is 198 g/mol. The lowest BCUT2D eigenvalue weighted by atomic mass is 9.87. The van der Waals surface area contributed by atoms with Crippen LogP contribution in [-0.4, -0.2) is 17.1 Å². The van der Waals surface area contributed by atoms with E-state index < -0.39 is 0 Å². The lowest BCUT2D eigenvalue weighted by Crippen LogP contribution is -2.44. The van der Waals surface area contributed by atoms with Crippen LogP contribution in [0.2, 0.25) is 0 Å². The van der Waals surface area contributed by atoms with E-state index in [0.717, 1.165) is 18.7 Å². The topological polar surface area (TPSA) is 50.9 Å². The predicted octanol–water partition coefficient (Wildman–Crippen LogP) is 2.14. The van der Waals surface area contributed by atoms with Crippen molar-refractivity contribution in [2.24, 2.45) is 5.73 Å². The number of hydrogen-bond donors (Lipinski definition) is 2. The fraction of sp³-hybridized carbons (Fsp3) is 0.308. The van der Waals surface area contributed by atoms with Crippen LogP contribution in [0.1, 0.15) is 12.8 Å². The summed E-state index contributed by atoms with van der Waals surface area (Å²) in [6.45, 7) is 0. The van der Waals surface area contributed by atoms with Crippen LogP contribution in [-0.2, 0) is 0 Å². The Hall–Kier alpha value is -1.61. The summed E-state index contributed by atoms with van der Waals surface area (Å²) in [6.07, 6.45) is 3.94. The van der Waals surface area contributed by atoms with Crippen LogP contribution < -0.4 is 11.1 Å².